The van der Waals surface area contributed by atoms with Crippen molar-refractivity contribution < 1.29 is 19.1 Å². The molecule has 0 atom stereocenters. The maximum atomic E-state index is 12.3. The molecule has 1 aromatic rings. The number of fused-ring (bicyclic) bond motifs is 1. The molecule has 0 unspecified atom stereocenters. The van der Waals surface area contributed by atoms with Crippen LogP contribution in [-0.2, 0) is 16.0 Å². The van der Waals surface area contributed by atoms with Crippen LogP contribution in [0.4, 0.5) is 0 Å². The van der Waals surface area contributed by atoms with E-state index in [1.165, 1.54) is 4.90 Å². The van der Waals surface area contributed by atoms with Crippen molar-refractivity contribution in [1.29, 1.82) is 0 Å². The number of carbonyl (C=O) groups is 2. The number of benzene rings is 1. The van der Waals surface area contributed by atoms with E-state index in [0.717, 1.165) is 18.4 Å². The summed E-state index contributed by atoms with van der Waals surface area (Å²) in [5.74, 6) is 0.729. The third-order valence-corrected chi connectivity index (χ3v) is 3.27. The zero-order chi connectivity index (χ0) is 15.2. The molecule has 0 spiro atoms. The van der Waals surface area contributed by atoms with Crippen LogP contribution in [0.5, 0.6) is 11.5 Å². The molecule has 1 aliphatic heterocycles. The second-order valence-electron chi connectivity index (χ2n) is 5.00. The molecule has 0 aliphatic carbocycles. The predicted octanol–water partition coefficient (Wildman–Crippen LogP) is 1.07. The van der Waals surface area contributed by atoms with Crippen LogP contribution in [0.15, 0.2) is 18.2 Å². The van der Waals surface area contributed by atoms with Crippen molar-refractivity contribution in [3.05, 3.63) is 23.8 Å². The smallest absolute Gasteiger partial charge is 0.237 e. The summed E-state index contributed by atoms with van der Waals surface area (Å²) in [7, 11) is 0. The maximum absolute atomic E-state index is 12.3. The molecule has 6 nitrogen and oxygen atoms in total. The van der Waals surface area contributed by atoms with Gasteiger partial charge in [0.25, 0.3) is 0 Å². The molecule has 0 saturated carbocycles. The van der Waals surface area contributed by atoms with E-state index in [1.54, 1.807) is 12.1 Å². The predicted molar refractivity (Wildman–Crippen MR) is 77.0 cm³/mol. The number of ether oxygens (including phenoxy) is 2. The Kier molecular flexibility index (Phi) is 5.03. The Labute approximate surface area is 123 Å². The van der Waals surface area contributed by atoms with Crippen LogP contribution < -0.4 is 15.2 Å². The molecule has 2 rings (SSSR count). The van der Waals surface area contributed by atoms with E-state index in [0.29, 0.717) is 18.0 Å². The highest BCUT2D eigenvalue weighted by atomic mass is 16.7. The van der Waals surface area contributed by atoms with E-state index in [2.05, 4.69) is 0 Å². The lowest BCUT2D eigenvalue weighted by Crippen LogP contribution is -2.39. The van der Waals surface area contributed by atoms with Crippen LogP contribution in [0.1, 0.15) is 25.3 Å². The number of primary amides is 1. The molecular formula is C15H20N2O4. The highest BCUT2D eigenvalue weighted by Crippen LogP contribution is 2.32. The number of rotatable bonds is 7. The second-order valence-corrected chi connectivity index (χ2v) is 5.00. The van der Waals surface area contributed by atoms with Gasteiger partial charge in [-0.1, -0.05) is 19.4 Å². The van der Waals surface area contributed by atoms with Crippen LogP contribution >= 0.6 is 0 Å². The Morgan fingerprint density at radius 1 is 1.29 bits per heavy atom. The minimum Gasteiger partial charge on any atom is -0.454 e. The van der Waals surface area contributed by atoms with Gasteiger partial charge in [0.15, 0.2) is 11.5 Å². The fourth-order valence-corrected chi connectivity index (χ4v) is 2.17. The maximum Gasteiger partial charge on any atom is 0.237 e. The van der Waals surface area contributed by atoms with Gasteiger partial charge >= 0.3 is 0 Å². The van der Waals surface area contributed by atoms with Crippen LogP contribution in [0.3, 0.4) is 0 Å². The summed E-state index contributed by atoms with van der Waals surface area (Å²) in [5.41, 5.74) is 6.03. The van der Waals surface area contributed by atoms with Gasteiger partial charge < -0.3 is 20.1 Å². The Morgan fingerprint density at radius 3 is 2.76 bits per heavy atom. The van der Waals surface area contributed by atoms with Crippen LogP contribution in [-0.4, -0.2) is 36.6 Å². The van der Waals surface area contributed by atoms with Gasteiger partial charge in [-0.3, -0.25) is 9.59 Å². The van der Waals surface area contributed by atoms with E-state index in [-0.39, 0.29) is 25.7 Å². The van der Waals surface area contributed by atoms with E-state index in [9.17, 15) is 9.59 Å². The van der Waals surface area contributed by atoms with Gasteiger partial charge in [-0.05, 0) is 24.1 Å². The van der Waals surface area contributed by atoms with Crippen molar-refractivity contribution in [1.82, 2.24) is 4.90 Å². The Balaban J connectivity index is 2.01. The van der Waals surface area contributed by atoms with Gasteiger partial charge in [0, 0.05) is 6.54 Å². The first-order valence-corrected chi connectivity index (χ1v) is 7.04. The first kappa shape index (κ1) is 15.2. The fraction of sp³-hybridized carbons (Fsp3) is 0.467. The van der Waals surface area contributed by atoms with Crippen molar-refractivity contribution in [2.45, 2.75) is 26.2 Å². The van der Waals surface area contributed by atoms with Crippen LogP contribution in [0, 0.1) is 0 Å². The van der Waals surface area contributed by atoms with Crippen molar-refractivity contribution >= 4 is 11.8 Å². The zero-order valence-corrected chi connectivity index (χ0v) is 12.1. The lowest BCUT2D eigenvalue weighted by atomic mass is 10.1. The van der Waals surface area contributed by atoms with E-state index >= 15 is 0 Å². The van der Waals surface area contributed by atoms with Gasteiger partial charge in [0.1, 0.15) is 0 Å². The first-order valence-electron chi connectivity index (χ1n) is 7.04. The number of hydrogen-bond acceptors (Lipinski definition) is 4. The van der Waals surface area contributed by atoms with Crippen molar-refractivity contribution in [2.75, 3.05) is 19.9 Å². The highest BCUT2D eigenvalue weighted by Gasteiger charge is 2.18. The third kappa shape index (κ3) is 4.11. The van der Waals surface area contributed by atoms with E-state index < -0.39 is 5.91 Å². The Bertz CT molecular complexity index is 530. The van der Waals surface area contributed by atoms with E-state index in [1.807, 2.05) is 13.0 Å². The van der Waals surface area contributed by atoms with Crippen molar-refractivity contribution in [3.63, 3.8) is 0 Å². The number of nitrogens with zero attached hydrogens (tertiary/aromatic N) is 1. The van der Waals surface area contributed by atoms with Gasteiger partial charge in [0.2, 0.25) is 18.6 Å². The molecule has 2 N–H and O–H groups in total. The van der Waals surface area contributed by atoms with Gasteiger partial charge in [-0.15, -0.1) is 0 Å². The summed E-state index contributed by atoms with van der Waals surface area (Å²) in [5, 5.41) is 0. The van der Waals surface area contributed by atoms with Gasteiger partial charge in [0.05, 0.1) is 13.0 Å². The monoisotopic (exact) mass is 292 g/mol. The molecule has 2 amide bonds. The van der Waals surface area contributed by atoms with Gasteiger partial charge in [-0.2, -0.15) is 0 Å². The number of unbranched alkanes of at least 4 members (excludes halogenated alkanes) is 1. The second kappa shape index (κ2) is 6.97. The summed E-state index contributed by atoms with van der Waals surface area (Å²) < 4.78 is 10.5. The largest absolute Gasteiger partial charge is 0.454 e. The number of amides is 2. The Morgan fingerprint density at radius 2 is 2.05 bits per heavy atom. The summed E-state index contributed by atoms with van der Waals surface area (Å²) in [6.45, 7) is 2.74. The summed E-state index contributed by atoms with van der Waals surface area (Å²) in [6.07, 6.45) is 2.01. The van der Waals surface area contributed by atoms with Crippen molar-refractivity contribution in [3.8, 4) is 11.5 Å². The minimum absolute atomic E-state index is 0.0383. The summed E-state index contributed by atoms with van der Waals surface area (Å²) in [6, 6.07) is 5.41. The van der Waals surface area contributed by atoms with E-state index in [4.69, 9.17) is 15.2 Å². The molecule has 1 aromatic carbocycles. The lowest BCUT2D eigenvalue weighted by Gasteiger charge is -2.21. The number of nitrogens with two attached hydrogens (primary N) is 1. The van der Waals surface area contributed by atoms with Crippen molar-refractivity contribution in [2.24, 2.45) is 5.73 Å². The normalized spacial score (nSPS) is 12.2. The van der Waals surface area contributed by atoms with Crippen LogP contribution in [0.25, 0.3) is 0 Å². The number of carbonyl (C=O) groups excluding carboxylic acids is 2. The topological polar surface area (TPSA) is 81.9 Å². The fourth-order valence-electron chi connectivity index (χ4n) is 2.17. The quantitative estimate of drug-likeness (QED) is 0.815. The number of hydrogen-bond donors (Lipinski definition) is 1. The molecule has 0 bridgehead atoms. The average molecular weight is 292 g/mol. The summed E-state index contributed by atoms with van der Waals surface area (Å²) in [4.78, 5) is 24.9. The molecule has 0 fully saturated rings. The molecule has 0 radical (unpaired) electrons. The molecule has 6 heteroatoms. The molecule has 0 aromatic heterocycles. The van der Waals surface area contributed by atoms with Crippen LogP contribution in [0.2, 0.25) is 0 Å². The Hall–Kier alpha value is -2.24. The third-order valence-electron chi connectivity index (χ3n) is 3.27. The lowest BCUT2D eigenvalue weighted by molar-refractivity contribution is -0.134. The first-order chi connectivity index (χ1) is 10.1. The highest BCUT2D eigenvalue weighted by molar-refractivity contribution is 5.85. The zero-order valence-electron chi connectivity index (χ0n) is 12.1. The molecular weight excluding hydrogens is 272 g/mol. The summed E-state index contributed by atoms with van der Waals surface area (Å²) >= 11 is 0. The molecule has 1 aliphatic rings. The SMILES string of the molecule is CCCCN(CC(N)=O)C(=O)Cc1ccc2c(c1)OCO2. The average Bonchev–Trinajstić information content (AvgIpc) is 2.90. The van der Waals surface area contributed by atoms with Gasteiger partial charge in [-0.25, -0.2) is 0 Å². The molecule has 1 heterocycles. The molecule has 0 saturated heterocycles. The molecule has 21 heavy (non-hydrogen) atoms. The molecule has 114 valence electrons. The minimum atomic E-state index is -0.495. The standard InChI is InChI=1S/C15H20N2O4/c1-2-3-6-17(9-14(16)18)15(19)8-11-4-5-12-13(7-11)21-10-20-12/h4-5,7H,2-3,6,8-10H2,1H3,(H2,16,18).